The predicted octanol–water partition coefficient (Wildman–Crippen LogP) is 4.07. The second-order valence-electron chi connectivity index (χ2n) is 4.13. The molecule has 0 heterocycles. The Balaban J connectivity index is 2.16. The van der Waals surface area contributed by atoms with E-state index in [9.17, 15) is 5.11 Å². The topological polar surface area (TPSA) is 38.7 Å². The minimum atomic E-state index is -0.129. The number of aliphatic hydroxyl groups excluding tert-OH is 1. The number of hydrogen-bond donors (Lipinski definition) is 1. The molecule has 0 aliphatic rings. The van der Waals surface area contributed by atoms with E-state index in [1.807, 2.05) is 12.1 Å². The van der Waals surface area contributed by atoms with Crippen molar-refractivity contribution in [1.82, 2.24) is 0 Å². The molecule has 20 heavy (non-hydrogen) atoms. The van der Waals surface area contributed by atoms with Gasteiger partial charge in [-0.3, -0.25) is 0 Å². The molecule has 2 aromatic carbocycles. The van der Waals surface area contributed by atoms with Crippen molar-refractivity contribution in [2.45, 2.75) is 13.2 Å². The van der Waals surface area contributed by atoms with E-state index in [-0.39, 0.29) is 13.2 Å². The molecule has 3 nitrogen and oxygen atoms in total. The number of benzene rings is 2. The van der Waals surface area contributed by atoms with E-state index >= 15 is 0 Å². The van der Waals surface area contributed by atoms with Gasteiger partial charge in [0.1, 0.15) is 18.1 Å². The number of halogens is 2. The highest BCUT2D eigenvalue weighted by molar-refractivity contribution is 6.42. The molecule has 106 valence electrons. The Morgan fingerprint density at radius 2 is 1.90 bits per heavy atom. The molecule has 0 aromatic heterocycles. The van der Waals surface area contributed by atoms with E-state index in [2.05, 4.69) is 0 Å². The monoisotopic (exact) mass is 312 g/mol. The van der Waals surface area contributed by atoms with Gasteiger partial charge < -0.3 is 14.6 Å². The molecular formula is C15H14Cl2O3. The first-order valence-corrected chi connectivity index (χ1v) is 6.74. The molecule has 2 aromatic rings. The van der Waals surface area contributed by atoms with Crippen LogP contribution in [0.2, 0.25) is 10.0 Å². The fraction of sp³-hybridized carbons (Fsp3) is 0.200. The Labute approximate surface area is 127 Å². The maximum Gasteiger partial charge on any atom is 0.125 e. The largest absolute Gasteiger partial charge is 0.497 e. The summed E-state index contributed by atoms with van der Waals surface area (Å²) in [6.45, 7) is 0.147. The molecule has 0 spiro atoms. The minimum Gasteiger partial charge on any atom is -0.497 e. The summed E-state index contributed by atoms with van der Waals surface area (Å²) in [6, 6.07) is 10.6. The molecular weight excluding hydrogens is 299 g/mol. The van der Waals surface area contributed by atoms with Crippen LogP contribution in [0.1, 0.15) is 11.1 Å². The molecule has 0 saturated carbocycles. The molecule has 5 heteroatoms. The first-order valence-electron chi connectivity index (χ1n) is 5.99. The Morgan fingerprint density at radius 1 is 1.10 bits per heavy atom. The van der Waals surface area contributed by atoms with E-state index in [0.717, 1.165) is 5.56 Å². The number of aliphatic hydroxyl groups is 1. The van der Waals surface area contributed by atoms with Crippen LogP contribution in [0.15, 0.2) is 36.4 Å². The summed E-state index contributed by atoms with van der Waals surface area (Å²) in [4.78, 5) is 0. The average molecular weight is 313 g/mol. The highest BCUT2D eigenvalue weighted by Gasteiger charge is 2.08. The number of ether oxygens (including phenoxy) is 2. The smallest absolute Gasteiger partial charge is 0.125 e. The van der Waals surface area contributed by atoms with Crippen LogP contribution < -0.4 is 9.47 Å². The highest BCUT2D eigenvalue weighted by atomic mass is 35.5. The minimum absolute atomic E-state index is 0.129. The van der Waals surface area contributed by atoms with Crippen molar-refractivity contribution in [3.8, 4) is 11.5 Å². The van der Waals surface area contributed by atoms with Gasteiger partial charge in [-0.2, -0.15) is 0 Å². The summed E-state index contributed by atoms with van der Waals surface area (Å²) < 4.78 is 10.8. The first kappa shape index (κ1) is 15.0. The quantitative estimate of drug-likeness (QED) is 0.904. The van der Waals surface area contributed by atoms with Crippen LogP contribution in [0.5, 0.6) is 11.5 Å². The Bertz CT molecular complexity index is 600. The van der Waals surface area contributed by atoms with Gasteiger partial charge in [0.25, 0.3) is 0 Å². The Kier molecular flexibility index (Phi) is 5.12. The Hall–Kier alpha value is -1.42. The summed E-state index contributed by atoms with van der Waals surface area (Å²) in [5.41, 5.74) is 1.45. The summed E-state index contributed by atoms with van der Waals surface area (Å²) in [5.74, 6) is 1.26. The van der Waals surface area contributed by atoms with E-state index < -0.39 is 0 Å². The maximum absolute atomic E-state index is 9.35. The van der Waals surface area contributed by atoms with Gasteiger partial charge in [0, 0.05) is 11.1 Å². The summed E-state index contributed by atoms with van der Waals surface area (Å²) in [6.07, 6.45) is 0. The average Bonchev–Trinajstić information content (AvgIpc) is 2.48. The zero-order valence-electron chi connectivity index (χ0n) is 10.9. The van der Waals surface area contributed by atoms with Crippen molar-refractivity contribution in [2.24, 2.45) is 0 Å². The van der Waals surface area contributed by atoms with Gasteiger partial charge in [-0.1, -0.05) is 35.3 Å². The number of hydrogen-bond acceptors (Lipinski definition) is 3. The SMILES string of the molecule is COc1ccc(OCc2cccc(Cl)c2Cl)c(CO)c1. The van der Waals surface area contributed by atoms with Crippen LogP contribution in [0, 0.1) is 0 Å². The van der Waals surface area contributed by atoms with Crippen LogP contribution in [-0.2, 0) is 13.2 Å². The van der Waals surface area contributed by atoms with Gasteiger partial charge >= 0.3 is 0 Å². The van der Waals surface area contributed by atoms with Gasteiger partial charge in [0.05, 0.1) is 23.8 Å². The lowest BCUT2D eigenvalue weighted by molar-refractivity contribution is 0.258. The molecule has 0 atom stereocenters. The van der Waals surface area contributed by atoms with Crippen LogP contribution >= 0.6 is 23.2 Å². The normalized spacial score (nSPS) is 10.4. The van der Waals surface area contributed by atoms with Gasteiger partial charge in [0.2, 0.25) is 0 Å². The summed E-state index contributed by atoms with van der Waals surface area (Å²) in [7, 11) is 1.57. The molecule has 0 aliphatic carbocycles. The van der Waals surface area contributed by atoms with Crippen molar-refractivity contribution < 1.29 is 14.6 Å². The molecule has 0 bridgehead atoms. The number of methoxy groups -OCH3 is 1. The molecule has 0 unspecified atom stereocenters. The Morgan fingerprint density at radius 3 is 2.60 bits per heavy atom. The fourth-order valence-electron chi connectivity index (χ4n) is 1.76. The van der Waals surface area contributed by atoms with Crippen molar-refractivity contribution in [3.63, 3.8) is 0 Å². The van der Waals surface area contributed by atoms with E-state index in [4.69, 9.17) is 32.7 Å². The third-order valence-electron chi connectivity index (χ3n) is 2.85. The summed E-state index contributed by atoms with van der Waals surface area (Å²) in [5, 5.41) is 10.3. The second-order valence-corrected chi connectivity index (χ2v) is 4.92. The lowest BCUT2D eigenvalue weighted by Crippen LogP contribution is -2.00. The highest BCUT2D eigenvalue weighted by Crippen LogP contribution is 2.28. The third kappa shape index (κ3) is 3.37. The molecule has 0 amide bonds. The van der Waals surface area contributed by atoms with Crippen molar-refractivity contribution in [2.75, 3.05) is 7.11 Å². The lowest BCUT2D eigenvalue weighted by Gasteiger charge is -2.12. The van der Waals surface area contributed by atoms with Crippen molar-refractivity contribution in [1.29, 1.82) is 0 Å². The van der Waals surface area contributed by atoms with Gasteiger partial charge in [-0.15, -0.1) is 0 Å². The molecule has 0 aliphatic heterocycles. The molecule has 2 rings (SSSR count). The predicted molar refractivity (Wildman–Crippen MR) is 79.7 cm³/mol. The molecule has 0 saturated heterocycles. The van der Waals surface area contributed by atoms with Crippen LogP contribution in [0.4, 0.5) is 0 Å². The molecule has 1 N–H and O–H groups in total. The number of rotatable bonds is 5. The maximum atomic E-state index is 9.35. The van der Waals surface area contributed by atoms with E-state index in [1.165, 1.54) is 0 Å². The van der Waals surface area contributed by atoms with Crippen molar-refractivity contribution in [3.05, 3.63) is 57.6 Å². The van der Waals surface area contributed by atoms with Gasteiger partial charge in [0.15, 0.2) is 0 Å². The third-order valence-corrected chi connectivity index (χ3v) is 3.71. The van der Waals surface area contributed by atoms with Crippen molar-refractivity contribution >= 4 is 23.2 Å². The van der Waals surface area contributed by atoms with Gasteiger partial charge in [-0.05, 0) is 24.3 Å². The second kappa shape index (κ2) is 6.84. The van der Waals surface area contributed by atoms with E-state index in [0.29, 0.717) is 27.1 Å². The first-order chi connectivity index (χ1) is 9.65. The molecule has 0 fully saturated rings. The zero-order chi connectivity index (χ0) is 14.5. The van der Waals surface area contributed by atoms with Crippen LogP contribution in [0.25, 0.3) is 0 Å². The standard InChI is InChI=1S/C15H14Cl2O3/c1-19-12-5-6-14(11(7-12)8-18)20-9-10-3-2-4-13(16)15(10)17/h2-7,18H,8-9H2,1H3. The van der Waals surface area contributed by atoms with Crippen LogP contribution in [-0.4, -0.2) is 12.2 Å². The van der Waals surface area contributed by atoms with E-state index in [1.54, 1.807) is 31.4 Å². The van der Waals surface area contributed by atoms with Crippen LogP contribution in [0.3, 0.4) is 0 Å². The zero-order valence-corrected chi connectivity index (χ0v) is 12.4. The summed E-state index contributed by atoms with van der Waals surface area (Å²) >= 11 is 12.0. The lowest BCUT2D eigenvalue weighted by atomic mass is 10.2. The fourth-order valence-corrected chi connectivity index (χ4v) is 2.14. The molecule has 0 radical (unpaired) electrons. The van der Waals surface area contributed by atoms with Gasteiger partial charge in [-0.25, -0.2) is 0 Å².